The summed E-state index contributed by atoms with van der Waals surface area (Å²) in [6.45, 7) is 0. The smallest absolute Gasteiger partial charge is 0.324 e. The number of nitrogens with zero attached hydrogens (tertiary/aromatic N) is 3. The molecule has 0 atom stereocenters. The van der Waals surface area contributed by atoms with Crippen LogP contribution in [0.2, 0.25) is 0 Å². The van der Waals surface area contributed by atoms with Crippen LogP contribution in [0.4, 0.5) is 0 Å². The van der Waals surface area contributed by atoms with Crippen molar-refractivity contribution in [1.82, 2.24) is 15.0 Å². The zero-order valence-corrected chi connectivity index (χ0v) is 22.8. The second-order valence-electron chi connectivity index (χ2n) is 8.87. The SMILES string of the molecule is O=P(O)(O)Cc1ccc(-c2nc(-c3ccc(CP(=O)(O)O)cc3)nc(-c3ccc(CP(=O)(O)O)cc3)n2)cc1. The van der Waals surface area contributed by atoms with E-state index in [2.05, 4.69) is 15.0 Å². The second-order valence-corrected chi connectivity index (χ2v) is 13.8. The number of aromatic nitrogens is 3. The molecule has 0 radical (unpaired) electrons. The fourth-order valence-electron chi connectivity index (χ4n) is 3.75. The molecule has 1 heterocycles. The van der Waals surface area contributed by atoms with Gasteiger partial charge in [0.1, 0.15) is 0 Å². The van der Waals surface area contributed by atoms with E-state index >= 15 is 0 Å². The molecule has 0 aliphatic heterocycles. The van der Waals surface area contributed by atoms with Crippen LogP contribution in [-0.2, 0) is 32.2 Å². The molecule has 0 fully saturated rings. The summed E-state index contributed by atoms with van der Waals surface area (Å²) in [5.74, 6) is 0.781. The molecular formula is C24H24N3O9P3. The highest BCUT2D eigenvalue weighted by molar-refractivity contribution is 7.51. The average molecular weight is 591 g/mol. The van der Waals surface area contributed by atoms with Crippen LogP contribution in [-0.4, -0.2) is 44.3 Å². The first-order valence-corrected chi connectivity index (χ1v) is 16.7. The molecule has 0 aliphatic carbocycles. The third kappa shape index (κ3) is 8.81. The number of benzene rings is 3. The van der Waals surface area contributed by atoms with E-state index in [-0.39, 0.29) is 17.5 Å². The zero-order valence-electron chi connectivity index (χ0n) is 20.1. The molecule has 4 rings (SSSR count). The van der Waals surface area contributed by atoms with E-state index in [4.69, 9.17) is 0 Å². The van der Waals surface area contributed by atoms with Gasteiger partial charge in [-0.05, 0) is 16.7 Å². The Kier molecular flexibility index (Phi) is 8.44. The summed E-state index contributed by atoms with van der Waals surface area (Å²) in [5.41, 5.74) is 2.94. The standard InChI is InChI=1S/C24H24N3O9P3/c28-37(29,30)13-16-1-7-19(8-2-16)22-25-23(20-9-3-17(4-10-20)14-38(31,32)33)27-24(26-22)21-11-5-18(6-12-21)15-39(34,35)36/h1-12H,13-15H2,(H2,28,29,30)(H2,31,32,33)(H2,34,35,36). The van der Waals surface area contributed by atoms with Gasteiger partial charge in [0.15, 0.2) is 17.5 Å². The topological polar surface area (TPSA) is 211 Å². The summed E-state index contributed by atoms with van der Waals surface area (Å²) in [4.78, 5) is 69.0. The molecule has 12 nitrogen and oxygen atoms in total. The van der Waals surface area contributed by atoms with E-state index in [1.807, 2.05) is 0 Å². The molecule has 0 bridgehead atoms. The molecule has 0 unspecified atom stereocenters. The molecule has 0 saturated heterocycles. The van der Waals surface area contributed by atoms with Crippen molar-refractivity contribution >= 4 is 22.8 Å². The van der Waals surface area contributed by atoms with Crippen molar-refractivity contribution < 1.29 is 43.1 Å². The van der Waals surface area contributed by atoms with Gasteiger partial charge in [-0.25, -0.2) is 15.0 Å². The van der Waals surface area contributed by atoms with Gasteiger partial charge in [0.25, 0.3) is 0 Å². The number of hydrogen-bond acceptors (Lipinski definition) is 6. The molecule has 0 amide bonds. The van der Waals surface area contributed by atoms with Crippen LogP contribution in [0.5, 0.6) is 0 Å². The Bertz CT molecular complexity index is 1410. The predicted molar refractivity (Wildman–Crippen MR) is 143 cm³/mol. The van der Waals surface area contributed by atoms with Crippen molar-refractivity contribution in [3.05, 3.63) is 89.5 Å². The van der Waals surface area contributed by atoms with Crippen LogP contribution in [0.1, 0.15) is 16.7 Å². The van der Waals surface area contributed by atoms with E-state index in [0.717, 1.165) is 0 Å². The number of rotatable bonds is 9. The van der Waals surface area contributed by atoms with Crippen molar-refractivity contribution in [1.29, 1.82) is 0 Å². The van der Waals surface area contributed by atoms with E-state index in [0.29, 0.717) is 33.4 Å². The van der Waals surface area contributed by atoms with Gasteiger partial charge in [-0.1, -0.05) is 72.8 Å². The molecule has 15 heteroatoms. The molecule has 1 aromatic heterocycles. The quantitative estimate of drug-likeness (QED) is 0.153. The molecule has 3 aromatic carbocycles. The Labute approximate surface area is 223 Å². The zero-order chi connectivity index (χ0) is 28.4. The fourth-order valence-corrected chi connectivity index (χ4v) is 5.81. The lowest BCUT2D eigenvalue weighted by Gasteiger charge is -2.10. The summed E-state index contributed by atoms with van der Waals surface area (Å²) in [6.07, 6.45) is -1.24. The van der Waals surface area contributed by atoms with Crippen molar-refractivity contribution in [2.75, 3.05) is 0 Å². The fraction of sp³-hybridized carbons (Fsp3) is 0.125. The van der Waals surface area contributed by atoms with Crippen molar-refractivity contribution in [3.8, 4) is 34.2 Å². The van der Waals surface area contributed by atoms with Gasteiger partial charge < -0.3 is 29.4 Å². The summed E-state index contributed by atoms with van der Waals surface area (Å²) in [6, 6.07) is 19.1. The average Bonchev–Trinajstić information content (AvgIpc) is 2.82. The van der Waals surface area contributed by atoms with Crippen molar-refractivity contribution in [2.45, 2.75) is 18.5 Å². The van der Waals surface area contributed by atoms with Gasteiger partial charge >= 0.3 is 22.8 Å². The summed E-state index contributed by atoms with van der Waals surface area (Å²) < 4.78 is 34.0. The van der Waals surface area contributed by atoms with Crippen LogP contribution in [0.15, 0.2) is 72.8 Å². The highest BCUT2D eigenvalue weighted by Gasteiger charge is 2.18. The lowest BCUT2D eigenvalue weighted by atomic mass is 10.1. The molecule has 39 heavy (non-hydrogen) atoms. The summed E-state index contributed by atoms with van der Waals surface area (Å²) in [5, 5.41) is 0. The van der Waals surface area contributed by atoms with Crippen LogP contribution in [0, 0.1) is 0 Å². The van der Waals surface area contributed by atoms with Crippen molar-refractivity contribution in [3.63, 3.8) is 0 Å². The largest absolute Gasteiger partial charge is 0.329 e. The third-order valence-corrected chi connectivity index (χ3v) is 7.77. The van der Waals surface area contributed by atoms with Crippen LogP contribution < -0.4 is 0 Å². The summed E-state index contributed by atoms with van der Waals surface area (Å²) >= 11 is 0. The first-order valence-electron chi connectivity index (χ1n) is 11.3. The molecule has 6 N–H and O–H groups in total. The predicted octanol–water partition coefficient (Wildman–Crippen LogP) is 3.91. The van der Waals surface area contributed by atoms with Gasteiger partial charge in [0.2, 0.25) is 0 Å². The Morgan fingerprint density at radius 3 is 0.795 bits per heavy atom. The minimum absolute atomic E-state index is 0.260. The monoisotopic (exact) mass is 591 g/mol. The molecule has 204 valence electrons. The normalized spacial score (nSPS) is 12.5. The minimum Gasteiger partial charge on any atom is -0.324 e. The first-order chi connectivity index (χ1) is 18.1. The van der Waals surface area contributed by atoms with Gasteiger partial charge in [0.05, 0.1) is 18.5 Å². The summed E-state index contributed by atoms with van der Waals surface area (Å²) in [7, 11) is -12.7. The van der Waals surface area contributed by atoms with Crippen LogP contribution in [0.25, 0.3) is 34.2 Å². The van der Waals surface area contributed by atoms with E-state index in [1.54, 1.807) is 72.8 Å². The van der Waals surface area contributed by atoms with Crippen LogP contribution in [0.3, 0.4) is 0 Å². The highest BCUT2D eigenvalue weighted by Crippen LogP contribution is 2.41. The van der Waals surface area contributed by atoms with Crippen molar-refractivity contribution in [2.24, 2.45) is 0 Å². The lowest BCUT2D eigenvalue weighted by Crippen LogP contribution is -2.00. The van der Waals surface area contributed by atoms with Gasteiger partial charge in [-0.3, -0.25) is 13.7 Å². The van der Waals surface area contributed by atoms with Gasteiger partial charge in [-0.15, -0.1) is 0 Å². The Balaban J connectivity index is 1.75. The minimum atomic E-state index is -4.24. The maximum Gasteiger partial charge on any atom is 0.329 e. The first kappa shape index (κ1) is 29.1. The van der Waals surface area contributed by atoms with Gasteiger partial charge in [-0.2, -0.15) is 0 Å². The molecule has 0 saturated carbocycles. The van der Waals surface area contributed by atoms with Gasteiger partial charge in [0, 0.05) is 16.7 Å². The number of hydrogen-bond donors (Lipinski definition) is 6. The van der Waals surface area contributed by atoms with Crippen LogP contribution >= 0.6 is 22.8 Å². The highest BCUT2D eigenvalue weighted by atomic mass is 31.2. The maximum atomic E-state index is 11.3. The molecule has 0 spiro atoms. The lowest BCUT2D eigenvalue weighted by molar-refractivity contribution is 0.369. The molecule has 4 aromatic rings. The second kappa shape index (κ2) is 11.3. The Morgan fingerprint density at radius 2 is 0.615 bits per heavy atom. The molecular weight excluding hydrogens is 567 g/mol. The van der Waals surface area contributed by atoms with E-state index in [1.165, 1.54) is 0 Å². The van der Waals surface area contributed by atoms with E-state index < -0.39 is 41.3 Å². The van der Waals surface area contributed by atoms with E-state index in [9.17, 15) is 43.1 Å². The Hall–Kier alpha value is -2.88. The maximum absolute atomic E-state index is 11.3. The Morgan fingerprint density at radius 1 is 0.410 bits per heavy atom. The third-order valence-electron chi connectivity index (χ3n) is 5.44. The molecule has 0 aliphatic rings.